The molecule has 130 valence electrons. The van der Waals surface area contributed by atoms with Crippen LogP contribution in [0.1, 0.15) is 5.56 Å². The molecule has 0 spiro atoms. The lowest BCUT2D eigenvalue weighted by Gasteiger charge is -2.12. The van der Waals surface area contributed by atoms with Gasteiger partial charge in [0.2, 0.25) is 0 Å². The maximum absolute atomic E-state index is 14.3. The van der Waals surface area contributed by atoms with Gasteiger partial charge in [-0.05, 0) is 42.3 Å². The molecule has 0 bridgehead atoms. The number of anilines is 2. The van der Waals surface area contributed by atoms with Gasteiger partial charge in [-0.15, -0.1) is 11.3 Å². The third-order valence-electron chi connectivity index (χ3n) is 3.18. The van der Waals surface area contributed by atoms with Crippen molar-refractivity contribution in [2.24, 2.45) is 0 Å². The van der Waals surface area contributed by atoms with E-state index in [4.69, 9.17) is 23.2 Å². The second kappa shape index (κ2) is 8.23. The first-order valence-electron chi connectivity index (χ1n) is 7.02. The number of aromatic nitrogens is 1. The van der Waals surface area contributed by atoms with E-state index < -0.39 is 11.6 Å². The summed E-state index contributed by atoms with van der Waals surface area (Å²) < 4.78 is 30.9. The number of halogens is 4. The molecule has 0 saturated heterocycles. The fourth-order valence-corrected chi connectivity index (χ4v) is 3.75. The SMILES string of the molecule is Fc1ccc(Cl)cc1CNc1cc(F)c(SNc2nccs2)cc1Cl. The first kappa shape index (κ1) is 18.3. The molecule has 0 fully saturated rings. The summed E-state index contributed by atoms with van der Waals surface area (Å²) >= 11 is 14.5. The number of hydrogen-bond donors (Lipinski definition) is 2. The fourth-order valence-electron chi connectivity index (χ4n) is 1.98. The Labute approximate surface area is 161 Å². The Balaban J connectivity index is 1.70. The second-order valence-electron chi connectivity index (χ2n) is 4.89. The molecular formula is C16H11Cl2F2N3S2. The summed E-state index contributed by atoms with van der Waals surface area (Å²) in [6.45, 7) is 0.134. The number of rotatable bonds is 6. The lowest BCUT2D eigenvalue weighted by Crippen LogP contribution is -2.03. The maximum Gasteiger partial charge on any atom is 0.192 e. The molecule has 0 aliphatic carbocycles. The third kappa shape index (κ3) is 4.76. The Morgan fingerprint density at radius 2 is 1.96 bits per heavy atom. The predicted molar refractivity (Wildman–Crippen MR) is 102 cm³/mol. The number of nitrogens with zero attached hydrogens (tertiary/aromatic N) is 1. The van der Waals surface area contributed by atoms with Gasteiger partial charge in [0.15, 0.2) is 5.13 Å². The van der Waals surface area contributed by atoms with Crippen LogP contribution in [-0.4, -0.2) is 4.98 Å². The summed E-state index contributed by atoms with van der Waals surface area (Å²) in [5.41, 5.74) is 0.741. The molecule has 1 aromatic heterocycles. The van der Waals surface area contributed by atoms with Crippen LogP contribution in [0.4, 0.5) is 19.6 Å². The van der Waals surface area contributed by atoms with Crippen molar-refractivity contribution < 1.29 is 8.78 Å². The molecule has 3 nitrogen and oxygen atoms in total. The van der Waals surface area contributed by atoms with E-state index in [1.54, 1.807) is 6.20 Å². The zero-order chi connectivity index (χ0) is 17.8. The van der Waals surface area contributed by atoms with Gasteiger partial charge in [0, 0.05) is 28.7 Å². The van der Waals surface area contributed by atoms with Gasteiger partial charge in [-0.2, -0.15) is 0 Å². The van der Waals surface area contributed by atoms with Crippen LogP contribution in [0.3, 0.4) is 0 Å². The number of nitrogens with one attached hydrogen (secondary N) is 2. The van der Waals surface area contributed by atoms with Crippen molar-refractivity contribution in [3.63, 3.8) is 0 Å². The second-order valence-corrected chi connectivity index (χ2v) is 7.48. The molecule has 1 heterocycles. The molecule has 25 heavy (non-hydrogen) atoms. The minimum absolute atomic E-state index is 0.134. The fraction of sp³-hybridized carbons (Fsp3) is 0.0625. The van der Waals surface area contributed by atoms with Crippen molar-refractivity contribution in [2.45, 2.75) is 11.4 Å². The van der Waals surface area contributed by atoms with Crippen molar-refractivity contribution in [1.29, 1.82) is 0 Å². The van der Waals surface area contributed by atoms with Crippen LogP contribution in [-0.2, 0) is 6.54 Å². The number of thiazole rings is 1. The van der Waals surface area contributed by atoms with E-state index in [1.807, 2.05) is 5.38 Å². The lowest BCUT2D eigenvalue weighted by atomic mass is 10.2. The topological polar surface area (TPSA) is 37.0 Å². The van der Waals surface area contributed by atoms with Crippen LogP contribution in [0.5, 0.6) is 0 Å². The van der Waals surface area contributed by atoms with Gasteiger partial charge in [-0.1, -0.05) is 23.2 Å². The van der Waals surface area contributed by atoms with Gasteiger partial charge in [0.05, 0.1) is 15.6 Å². The summed E-state index contributed by atoms with van der Waals surface area (Å²) in [6.07, 6.45) is 1.65. The molecule has 0 radical (unpaired) electrons. The van der Waals surface area contributed by atoms with Crippen molar-refractivity contribution in [1.82, 2.24) is 4.98 Å². The van der Waals surface area contributed by atoms with Crippen LogP contribution < -0.4 is 10.0 Å². The van der Waals surface area contributed by atoms with E-state index in [2.05, 4.69) is 15.0 Å². The monoisotopic (exact) mass is 417 g/mol. The molecule has 3 rings (SSSR count). The molecular weight excluding hydrogens is 407 g/mol. The smallest absolute Gasteiger partial charge is 0.192 e. The highest BCUT2D eigenvalue weighted by atomic mass is 35.5. The normalized spacial score (nSPS) is 10.7. The van der Waals surface area contributed by atoms with Crippen molar-refractivity contribution in [2.75, 3.05) is 10.0 Å². The van der Waals surface area contributed by atoms with E-state index in [0.717, 1.165) is 11.9 Å². The molecule has 0 aliphatic heterocycles. The van der Waals surface area contributed by atoms with Gasteiger partial charge in [-0.25, -0.2) is 13.8 Å². The first-order chi connectivity index (χ1) is 12.0. The summed E-state index contributed by atoms with van der Waals surface area (Å²) in [5.74, 6) is -0.846. The molecule has 0 unspecified atom stereocenters. The van der Waals surface area contributed by atoms with Crippen LogP contribution in [0.15, 0.2) is 46.8 Å². The van der Waals surface area contributed by atoms with E-state index in [-0.39, 0.29) is 6.54 Å². The zero-order valence-corrected chi connectivity index (χ0v) is 15.7. The quantitative estimate of drug-likeness (QED) is 0.451. The minimum atomic E-state index is -0.451. The molecule has 2 N–H and O–H groups in total. The van der Waals surface area contributed by atoms with Crippen molar-refractivity contribution >= 4 is 57.3 Å². The van der Waals surface area contributed by atoms with Crippen LogP contribution >= 0.6 is 46.5 Å². The highest BCUT2D eigenvalue weighted by Gasteiger charge is 2.11. The molecule has 2 aromatic carbocycles. The van der Waals surface area contributed by atoms with Gasteiger partial charge < -0.3 is 10.0 Å². The Morgan fingerprint density at radius 1 is 1.12 bits per heavy atom. The molecule has 9 heteroatoms. The van der Waals surface area contributed by atoms with Crippen molar-refractivity contribution in [3.8, 4) is 0 Å². The Morgan fingerprint density at radius 3 is 2.72 bits per heavy atom. The zero-order valence-electron chi connectivity index (χ0n) is 12.5. The largest absolute Gasteiger partial charge is 0.380 e. The summed E-state index contributed by atoms with van der Waals surface area (Å²) in [5, 5.41) is 6.16. The van der Waals surface area contributed by atoms with E-state index in [0.29, 0.717) is 31.3 Å². The van der Waals surface area contributed by atoms with Gasteiger partial charge in [0.1, 0.15) is 11.6 Å². The average molecular weight is 418 g/mol. The standard InChI is InChI=1S/C16H11Cl2F2N3S2/c17-10-1-2-12(19)9(5-10)8-22-14-7-13(20)15(6-11(14)18)25-23-16-21-3-4-24-16/h1-7,22H,8H2,(H,21,23). The van der Waals surface area contributed by atoms with E-state index in [1.165, 1.54) is 41.7 Å². The molecule has 0 aliphatic rings. The van der Waals surface area contributed by atoms with Gasteiger partial charge in [-0.3, -0.25) is 0 Å². The van der Waals surface area contributed by atoms with Crippen LogP contribution in [0.2, 0.25) is 10.0 Å². The molecule has 3 aromatic rings. The van der Waals surface area contributed by atoms with Crippen molar-refractivity contribution in [3.05, 3.63) is 69.2 Å². The average Bonchev–Trinajstić information content (AvgIpc) is 3.10. The summed E-state index contributed by atoms with van der Waals surface area (Å²) in [4.78, 5) is 4.38. The lowest BCUT2D eigenvalue weighted by molar-refractivity contribution is 0.602. The van der Waals surface area contributed by atoms with E-state index >= 15 is 0 Å². The molecule has 0 atom stereocenters. The van der Waals surface area contributed by atoms with E-state index in [9.17, 15) is 8.78 Å². The molecule has 0 amide bonds. The number of hydrogen-bond acceptors (Lipinski definition) is 5. The summed E-state index contributed by atoms with van der Waals surface area (Å²) in [6, 6.07) is 7.03. The Bertz CT molecular complexity index is 876. The van der Waals surface area contributed by atoms with Crippen LogP contribution in [0, 0.1) is 11.6 Å². The summed E-state index contributed by atoms with van der Waals surface area (Å²) in [7, 11) is 0. The Hall–Kier alpha value is -1.54. The van der Waals surface area contributed by atoms with Gasteiger partial charge in [0.25, 0.3) is 0 Å². The molecule has 0 saturated carbocycles. The highest BCUT2D eigenvalue weighted by Crippen LogP contribution is 2.32. The Kier molecular flexibility index (Phi) is 6.01. The predicted octanol–water partition coefficient (Wildman–Crippen LogP) is 6.46. The maximum atomic E-state index is 14.3. The van der Waals surface area contributed by atoms with Gasteiger partial charge >= 0.3 is 0 Å². The third-order valence-corrected chi connectivity index (χ3v) is 5.37. The number of benzene rings is 2. The minimum Gasteiger partial charge on any atom is -0.380 e. The highest BCUT2D eigenvalue weighted by molar-refractivity contribution is 8.00. The first-order valence-corrected chi connectivity index (χ1v) is 9.47. The van der Waals surface area contributed by atoms with Crippen LogP contribution in [0.25, 0.3) is 0 Å².